The van der Waals surface area contributed by atoms with Crippen LogP contribution in [0.4, 0.5) is 10.1 Å². The molecule has 0 heterocycles. The standard InChI is InChI=1S/C12H17FN2O3/c1-17-6-7-18-5-4-15-12(16)9-2-3-11(14)10(13)8-9/h2-3,8H,4-7,14H2,1H3,(H,15,16). The van der Waals surface area contributed by atoms with E-state index in [2.05, 4.69) is 5.32 Å². The van der Waals surface area contributed by atoms with Gasteiger partial charge in [0.25, 0.3) is 5.91 Å². The zero-order valence-electron chi connectivity index (χ0n) is 10.2. The number of hydrogen-bond donors (Lipinski definition) is 2. The first-order chi connectivity index (χ1) is 8.65. The van der Waals surface area contributed by atoms with Gasteiger partial charge >= 0.3 is 0 Å². The van der Waals surface area contributed by atoms with Crippen LogP contribution in [0.25, 0.3) is 0 Å². The van der Waals surface area contributed by atoms with Gasteiger partial charge in [-0.2, -0.15) is 0 Å². The maximum absolute atomic E-state index is 13.1. The SMILES string of the molecule is COCCOCCNC(=O)c1ccc(N)c(F)c1. The third-order valence-corrected chi connectivity index (χ3v) is 2.23. The smallest absolute Gasteiger partial charge is 0.251 e. The maximum Gasteiger partial charge on any atom is 0.251 e. The monoisotopic (exact) mass is 256 g/mol. The third kappa shape index (κ3) is 4.68. The summed E-state index contributed by atoms with van der Waals surface area (Å²) in [4.78, 5) is 11.6. The average molecular weight is 256 g/mol. The van der Waals surface area contributed by atoms with Crippen molar-refractivity contribution in [2.75, 3.05) is 39.2 Å². The van der Waals surface area contributed by atoms with Crippen molar-refractivity contribution in [2.24, 2.45) is 0 Å². The van der Waals surface area contributed by atoms with Crippen molar-refractivity contribution in [2.45, 2.75) is 0 Å². The Bertz CT molecular complexity index is 399. The molecule has 18 heavy (non-hydrogen) atoms. The third-order valence-electron chi connectivity index (χ3n) is 2.23. The van der Waals surface area contributed by atoms with E-state index in [0.717, 1.165) is 6.07 Å². The molecule has 0 aliphatic heterocycles. The molecule has 0 fully saturated rings. The average Bonchev–Trinajstić information content (AvgIpc) is 2.36. The van der Waals surface area contributed by atoms with Crippen LogP contribution in [0.5, 0.6) is 0 Å². The second-order valence-corrected chi connectivity index (χ2v) is 3.60. The van der Waals surface area contributed by atoms with E-state index in [1.54, 1.807) is 7.11 Å². The molecule has 0 saturated heterocycles. The molecular weight excluding hydrogens is 239 g/mol. The summed E-state index contributed by atoms with van der Waals surface area (Å²) in [6, 6.07) is 3.94. The van der Waals surface area contributed by atoms with Crippen LogP contribution in [0.2, 0.25) is 0 Å². The Labute approximate surface area is 105 Å². The number of nitrogen functional groups attached to an aromatic ring is 1. The van der Waals surface area contributed by atoms with Crippen LogP contribution in [0, 0.1) is 5.82 Å². The summed E-state index contributed by atoms with van der Waals surface area (Å²) >= 11 is 0. The molecule has 1 rings (SSSR count). The van der Waals surface area contributed by atoms with E-state index in [9.17, 15) is 9.18 Å². The van der Waals surface area contributed by atoms with Crippen molar-refractivity contribution in [3.8, 4) is 0 Å². The summed E-state index contributed by atoms with van der Waals surface area (Å²) in [6.07, 6.45) is 0. The Balaban J connectivity index is 2.30. The normalized spacial score (nSPS) is 10.3. The molecule has 0 spiro atoms. The molecule has 1 amide bonds. The van der Waals surface area contributed by atoms with Crippen molar-refractivity contribution >= 4 is 11.6 Å². The fraction of sp³-hybridized carbons (Fsp3) is 0.417. The Morgan fingerprint density at radius 2 is 2.17 bits per heavy atom. The molecule has 0 saturated carbocycles. The highest BCUT2D eigenvalue weighted by Gasteiger charge is 2.07. The molecule has 1 aromatic rings. The van der Waals surface area contributed by atoms with Gasteiger partial charge in [0.1, 0.15) is 5.82 Å². The van der Waals surface area contributed by atoms with Crippen molar-refractivity contribution in [3.63, 3.8) is 0 Å². The number of carbonyl (C=O) groups is 1. The van der Waals surface area contributed by atoms with E-state index < -0.39 is 5.82 Å². The lowest BCUT2D eigenvalue weighted by Gasteiger charge is -2.06. The first-order valence-corrected chi connectivity index (χ1v) is 5.55. The van der Waals surface area contributed by atoms with Crippen LogP contribution >= 0.6 is 0 Å². The Hall–Kier alpha value is -1.66. The number of methoxy groups -OCH3 is 1. The highest BCUT2D eigenvalue weighted by molar-refractivity contribution is 5.94. The minimum atomic E-state index is -0.598. The van der Waals surface area contributed by atoms with Gasteiger partial charge in [-0.05, 0) is 18.2 Å². The minimum absolute atomic E-state index is 0.0226. The van der Waals surface area contributed by atoms with Crippen LogP contribution in [0.3, 0.4) is 0 Å². The number of anilines is 1. The lowest BCUT2D eigenvalue weighted by atomic mass is 10.2. The van der Waals surface area contributed by atoms with Crippen LogP contribution < -0.4 is 11.1 Å². The minimum Gasteiger partial charge on any atom is -0.396 e. The van der Waals surface area contributed by atoms with Gasteiger partial charge in [-0.1, -0.05) is 0 Å². The highest BCUT2D eigenvalue weighted by Crippen LogP contribution is 2.11. The topological polar surface area (TPSA) is 73.6 Å². The van der Waals surface area contributed by atoms with E-state index >= 15 is 0 Å². The lowest BCUT2D eigenvalue weighted by Crippen LogP contribution is -2.27. The van der Waals surface area contributed by atoms with E-state index in [4.69, 9.17) is 15.2 Å². The number of nitrogens with two attached hydrogens (primary N) is 1. The van der Waals surface area contributed by atoms with Crippen molar-refractivity contribution in [1.29, 1.82) is 0 Å². The van der Waals surface area contributed by atoms with Gasteiger partial charge in [0.15, 0.2) is 0 Å². The van der Waals surface area contributed by atoms with Crippen molar-refractivity contribution < 1.29 is 18.7 Å². The fourth-order valence-corrected chi connectivity index (χ4v) is 1.25. The summed E-state index contributed by atoms with van der Waals surface area (Å²) < 4.78 is 23.1. The number of nitrogens with one attached hydrogen (secondary N) is 1. The Morgan fingerprint density at radius 1 is 1.39 bits per heavy atom. The quantitative estimate of drug-likeness (QED) is 0.559. The number of carbonyl (C=O) groups excluding carboxylic acids is 1. The van der Waals surface area contributed by atoms with Crippen LogP contribution in [0.1, 0.15) is 10.4 Å². The molecule has 6 heteroatoms. The summed E-state index contributed by atoms with van der Waals surface area (Å²) in [5.74, 6) is -0.955. The van der Waals surface area contributed by atoms with Crippen LogP contribution in [-0.2, 0) is 9.47 Å². The van der Waals surface area contributed by atoms with E-state index in [-0.39, 0.29) is 17.2 Å². The summed E-state index contributed by atoms with van der Waals surface area (Å²) in [6.45, 7) is 1.72. The van der Waals surface area contributed by atoms with Gasteiger partial charge in [-0.25, -0.2) is 4.39 Å². The van der Waals surface area contributed by atoms with Gasteiger partial charge in [0.05, 0.1) is 25.5 Å². The van der Waals surface area contributed by atoms with Crippen LogP contribution in [-0.4, -0.2) is 39.4 Å². The first kappa shape index (κ1) is 14.4. The summed E-state index contributed by atoms with van der Waals surface area (Å²) in [5, 5.41) is 2.61. The molecule has 0 unspecified atom stereocenters. The van der Waals surface area contributed by atoms with Gasteiger partial charge in [-0.3, -0.25) is 4.79 Å². The summed E-state index contributed by atoms with van der Waals surface area (Å²) in [5.41, 5.74) is 5.58. The van der Waals surface area contributed by atoms with Crippen molar-refractivity contribution in [1.82, 2.24) is 5.32 Å². The maximum atomic E-state index is 13.1. The number of hydrogen-bond acceptors (Lipinski definition) is 4. The molecule has 5 nitrogen and oxygen atoms in total. The predicted octanol–water partition coefficient (Wildman–Crippen LogP) is 0.801. The van der Waals surface area contributed by atoms with E-state index in [1.807, 2.05) is 0 Å². The fourth-order valence-electron chi connectivity index (χ4n) is 1.25. The number of benzene rings is 1. The van der Waals surface area contributed by atoms with Gasteiger partial charge in [0.2, 0.25) is 0 Å². The molecule has 0 bridgehead atoms. The largest absolute Gasteiger partial charge is 0.396 e. The molecule has 0 radical (unpaired) electrons. The molecule has 0 atom stereocenters. The second-order valence-electron chi connectivity index (χ2n) is 3.60. The number of amides is 1. The highest BCUT2D eigenvalue weighted by atomic mass is 19.1. The number of ether oxygens (including phenoxy) is 2. The second kappa shape index (κ2) is 7.62. The molecule has 0 aliphatic carbocycles. The van der Waals surface area contributed by atoms with Crippen molar-refractivity contribution in [3.05, 3.63) is 29.6 Å². The first-order valence-electron chi connectivity index (χ1n) is 5.55. The summed E-state index contributed by atoms with van der Waals surface area (Å²) in [7, 11) is 1.58. The lowest BCUT2D eigenvalue weighted by molar-refractivity contribution is 0.0692. The molecule has 0 aliphatic rings. The van der Waals surface area contributed by atoms with Crippen LogP contribution in [0.15, 0.2) is 18.2 Å². The predicted molar refractivity (Wildman–Crippen MR) is 65.8 cm³/mol. The number of rotatable bonds is 7. The Morgan fingerprint density at radius 3 is 2.83 bits per heavy atom. The molecule has 0 aromatic heterocycles. The Kier molecular flexibility index (Phi) is 6.10. The van der Waals surface area contributed by atoms with E-state index in [1.165, 1.54) is 12.1 Å². The molecule has 3 N–H and O–H groups in total. The zero-order chi connectivity index (χ0) is 13.4. The van der Waals surface area contributed by atoms with Gasteiger partial charge < -0.3 is 20.5 Å². The molecule has 100 valence electrons. The zero-order valence-corrected chi connectivity index (χ0v) is 10.2. The molecule has 1 aromatic carbocycles. The van der Waals surface area contributed by atoms with E-state index in [0.29, 0.717) is 26.4 Å². The van der Waals surface area contributed by atoms with Gasteiger partial charge in [0, 0.05) is 19.2 Å². The van der Waals surface area contributed by atoms with Gasteiger partial charge in [-0.15, -0.1) is 0 Å². The number of halogens is 1. The molecular formula is C12H17FN2O3.